The molecule has 1 atom stereocenters. The highest BCUT2D eigenvalue weighted by molar-refractivity contribution is 6.02. The second-order valence-electron chi connectivity index (χ2n) is 3.99. The van der Waals surface area contributed by atoms with E-state index >= 15 is 0 Å². The van der Waals surface area contributed by atoms with Crippen LogP contribution in [0, 0.1) is 5.92 Å². The minimum Gasteiger partial charge on any atom is -0.466 e. The van der Waals surface area contributed by atoms with Crippen molar-refractivity contribution in [1.82, 2.24) is 0 Å². The number of carbonyl (C=O) groups is 3. The number of ether oxygens (including phenoxy) is 1. The number of rotatable bonds is 7. The van der Waals surface area contributed by atoms with E-state index in [1.54, 1.807) is 13.0 Å². The van der Waals surface area contributed by atoms with Crippen LogP contribution in [-0.2, 0) is 14.3 Å². The third-order valence-electron chi connectivity index (χ3n) is 2.63. The molecule has 0 saturated heterocycles. The van der Waals surface area contributed by atoms with Crippen molar-refractivity contribution >= 4 is 17.5 Å². The van der Waals surface area contributed by atoms with E-state index in [2.05, 4.69) is 6.58 Å². The summed E-state index contributed by atoms with van der Waals surface area (Å²) in [7, 11) is 0. The molecule has 0 aliphatic heterocycles. The van der Waals surface area contributed by atoms with Gasteiger partial charge in [-0.15, -0.1) is 0 Å². The van der Waals surface area contributed by atoms with Crippen LogP contribution in [0.15, 0.2) is 35.0 Å². The predicted molar refractivity (Wildman–Crippen MR) is 67.6 cm³/mol. The minimum absolute atomic E-state index is 0.0679. The highest BCUT2D eigenvalue weighted by Gasteiger charge is 2.29. The Labute approximate surface area is 111 Å². The average molecular weight is 264 g/mol. The lowest BCUT2D eigenvalue weighted by molar-refractivity contribution is -0.147. The molecular formula is C14H16O5. The van der Waals surface area contributed by atoms with E-state index < -0.39 is 11.9 Å². The van der Waals surface area contributed by atoms with E-state index in [-0.39, 0.29) is 35.9 Å². The van der Waals surface area contributed by atoms with Gasteiger partial charge in [-0.25, -0.2) is 0 Å². The second kappa shape index (κ2) is 6.68. The van der Waals surface area contributed by atoms with Crippen molar-refractivity contribution in [2.45, 2.75) is 20.3 Å². The molecule has 0 unspecified atom stereocenters. The molecule has 0 spiro atoms. The summed E-state index contributed by atoms with van der Waals surface area (Å²) in [6, 6.07) is 3.08. The smallest absolute Gasteiger partial charge is 0.313 e. The first-order valence-corrected chi connectivity index (χ1v) is 5.90. The van der Waals surface area contributed by atoms with Crippen molar-refractivity contribution in [3.05, 3.63) is 36.3 Å². The highest BCUT2D eigenvalue weighted by atomic mass is 16.5. The van der Waals surface area contributed by atoms with Crippen molar-refractivity contribution in [3.63, 3.8) is 0 Å². The lowest BCUT2D eigenvalue weighted by Gasteiger charge is -2.15. The molecule has 5 heteroatoms. The fraction of sp³-hybridized carbons (Fsp3) is 0.357. The molecule has 0 fully saturated rings. The van der Waals surface area contributed by atoms with E-state index in [4.69, 9.17) is 9.15 Å². The maximum atomic E-state index is 11.9. The van der Waals surface area contributed by atoms with Gasteiger partial charge in [-0.2, -0.15) is 0 Å². The molecule has 0 radical (unpaired) electrons. The monoisotopic (exact) mass is 264 g/mol. The molecule has 0 saturated carbocycles. The number of ketones is 2. The number of hydrogen-bond donors (Lipinski definition) is 0. The largest absolute Gasteiger partial charge is 0.466 e. The van der Waals surface area contributed by atoms with Crippen LogP contribution in [0.25, 0.3) is 0 Å². The fourth-order valence-electron chi connectivity index (χ4n) is 1.56. The summed E-state index contributed by atoms with van der Waals surface area (Å²) in [5.41, 5.74) is 0.0679. The third-order valence-corrected chi connectivity index (χ3v) is 2.63. The average Bonchev–Trinajstić information content (AvgIpc) is 2.88. The predicted octanol–water partition coefficient (Wildman–Crippen LogP) is 2.18. The van der Waals surface area contributed by atoms with Gasteiger partial charge in [0.25, 0.3) is 0 Å². The van der Waals surface area contributed by atoms with Crippen molar-refractivity contribution in [2.24, 2.45) is 5.92 Å². The Morgan fingerprint density at radius 3 is 2.58 bits per heavy atom. The van der Waals surface area contributed by atoms with Gasteiger partial charge < -0.3 is 9.15 Å². The summed E-state index contributed by atoms with van der Waals surface area (Å²) in [4.78, 5) is 35.0. The van der Waals surface area contributed by atoms with Crippen molar-refractivity contribution in [1.29, 1.82) is 0 Å². The molecule has 1 heterocycles. The lowest BCUT2D eigenvalue weighted by atomic mass is 9.91. The molecule has 1 rings (SSSR count). The standard InChI is InChI=1S/C14H16O5/c1-4-18-14(17)11(9(2)10(3)15)8-12(16)13-6-5-7-19-13/h5-7,11H,2,4,8H2,1,3H3/t11-/m1/s1. The fourth-order valence-corrected chi connectivity index (χ4v) is 1.56. The Hall–Kier alpha value is -2.17. The van der Waals surface area contributed by atoms with Crippen LogP contribution < -0.4 is 0 Å². The highest BCUT2D eigenvalue weighted by Crippen LogP contribution is 2.20. The van der Waals surface area contributed by atoms with Crippen LogP contribution in [0.2, 0.25) is 0 Å². The molecule has 0 amide bonds. The van der Waals surface area contributed by atoms with E-state index in [0.717, 1.165) is 0 Å². The Kier molecular flexibility index (Phi) is 5.23. The normalized spacial score (nSPS) is 11.7. The lowest BCUT2D eigenvalue weighted by Crippen LogP contribution is -2.25. The quantitative estimate of drug-likeness (QED) is 0.428. The zero-order chi connectivity index (χ0) is 14.4. The van der Waals surface area contributed by atoms with E-state index in [1.807, 2.05) is 0 Å². The molecule has 0 bridgehead atoms. The van der Waals surface area contributed by atoms with E-state index in [9.17, 15) is 14.4 Å². The molecule has 0 N–H and O–H groups in total. The van der Waals surface area contributed by atoms with Gasteiger partial charge in [0.1, 0.15) is 0 Å². The first kappa shape index (κ1) is 14.9. The third kappa shape index (κ3) is 3.91. The maximum absolute atomic E-state index is 11.9. The number of Topliss-reactive ketones (excluding diaryl/α,β-unsaturated/α-hetero) is 2. The minimum atomic E-state index is -0.963. The number of carbonyl (C=O) groups excluding carboxylic acids is 3. The molecule has 5 nitrogen and oxygen atoms in total. The molecule has 19 heavy (non-hydrogen) atoms. The van der Waals surface area contributed by atoms with Crippen molar-refractivity contribution < 1.29 is 23.5 Å². The number of hydrogen-bond acceptors (Lipinski definition) is 5. The Morgan fingerprint density at radius 2 is 2.11 bits per heavy atom. The first-order valence-electron chi connectivity index (χ1n) is 5.90. The zero-order valence-electron chi connectivity index (χ0n) is 11.0. The maximum Gasteiger partial charge on any atom is 0.313 e. The SMILES string of the molecule is C=C(C(C)=O)[C@@H](CC(=O)c1ccco1)C(=O)OCC. The van der Waals surface area contributed by atoms with Gasteiger partial charge in [-0.05, 0) is 26.0 Å². The van der Waals surface area contributed by atoms with Crippen LogP contribution in [0.3, 0.4) is 0 Å². The van der Waals surface area contributed by atoms with Gasteiger partial charge in [-0.3, -0.25) is 14.4 Å². The van der Waals surface area contributed by atoms with Crippen molar-refractivity contribution in [2.75, 3.05) is 6.61 Å². The topological polar surface area (TPSA) is 73.6 Å². The molecule has 0 aromatic carbocycles. The van der Waals surface area contributed by atoms with Crippen LogP contribution in [0.4, 0.5) is 0 Å². The van der Waals surface area contributed by atoms with Crippen LogP contribution in [0.5, 0.6) is 0 Å². The van der Waals surface area contributed by atoms with Crippen LogP contribution >= 0.6 is 0 Å². The summed E-state index contributed by atoms with van der Waals surface area (Å²) < 4.78 is 9.82. The van der Waals surface area contributed by atoms with Gasteiger partial charge in [0, 0.05) is 12.0 Å². The van der Waals surface area contributed by atoms with Gasteiger partial charge in [0.2, 0.25) is 0 Å². The first-order chi connectivity index (χ1) is 8.97. The molecule has 0 aliphatic carbocycles. The van der Waals surface area contributed by atoms with Gasteiger partial charge in [0.15, 0.2) is 17.3 Å². The van der Waals surface area contributed by atoms with Crippen molar-refractivity contribution in [3.8, 4) is 0 Å². The Bertz CT molecular complexity index is 484. The summed E-state index contributed by atoms with van der Waals surface area (Å²) in [6.07, 6.45) is 1.18. The summed E-state index contributed by atoms with van der Waals surface area (Å²) >= 11 is 0. The zero-order valence-corrected chi connectivity index (χ0v) is 11.0. The van der Waals surface area contributed by atoms with Crippen LogP contribution in [0.1, 0.15) is 30.8 Å². The summed E-state index contributed by atoms with van der Waals surface area (Å²) in [5.74, 6) is -2.15. The number of furan rings is 1. The summed E-state index contributed by atoms with van der Waals surface area (Å²) in [5, 5.41) is 0. The van der Waals surface area contributed by atoms with Gasteiger partial charge in [-0.1, -0.05) is 6.58 Å². The molecule has 1 aromatic heterocycles. The molecule has 0 aliphatic rings. The number of esters is 1. The second-order valence-corrected chi connectivity index (χ2v) is 3.99. The van der Waals surface area contributed by atoms with Gasteiger partial charge >= 0.3 is 5.97 Å². The molecule has 102 valence electrons. The molecule has 1 aromatic rings. The van der Waals surface area contributed by atoms with E-state index in [1.165, 1.54) is 19.3 Å². The Balaban J connectivity index is 2.85. The van der Waals surface area contributed by atoms with Crippen LogP contribution in [-0.4, -0.2) is 24.1 Å². The van der Waals surface area contributed by atoms with E-state index in [0.29, 0.717) is 0 Å². The van der Waals surface area contributed by atoms with Gasteiger partial charge in [0.05, 0.1) is 18.8 Å². The summed E-state index contributed by atoms with van der Waals surface area (Å²) in [6.45, 7) is 6.69. The molecular weight excluding hydrogens is 248 g/mol. The Morgan fingerprint density at radius 1 is 1.42 bits per heavy atom.